The third-order valence-corrected chi connectivity index (χ3v) is 14.3. The second kappa shape index (κ2) is 13.0. The first-order chi connectivity index (χ1) is 25.8. The summed E-state index contributed by atoms with van der Waals surface area (Å²) >= 11 is 0. The Hall–Kier alpha value is -4.18. The molecule has 0 radical (unpaired) electrons. The van der Waals surface area contributed by atoms with Gasteiger partial charge in [0.15, 0.2) is 5.60 Å². The number of para-hydroxylation sites is 1. The van der Waals surface area contributed by atoms with Gasteiger partial charge < -0.3 is 35.7 Å². The van der Waals surface area contributed by atoms with E-state index in [-0.39, 0.29) is 12.0 Å². The number of ether oxygens (including phenoxy) is 1. The molecule has 3 unspecified atom stereocenters. The van der Waals surface area contributed by atoms with Crippen molar-refractivity contribution in [1.29, 1.82) is 0 Å². The molecule has 1 saturated carbocycles. The molecule has 4 fully saturated rings. The number of esters is 1. The Morgan fingerprint density at radius 3 is 2.65 bits per heavy atom. The fraction of sp³-hybridized carbons (Fsp3) is 0.535. The van der Waals surface area contributed by atoms with Gasteiger partial charge >= 0.3 is 5.97 Å². The van der Waals surface area contributed by atoms with Gasteiger partial charge in [-0.1, -0.05) is 56.2 Å². The van der Waals surface area contributed by atoms with Gasteiger partial charge in [-0.05, 0) is 73.8 Å². The Morgan fingerprint density at radius 1 is 1.17 bits per heavy atom. The zero-order chi connectivity index (χ0) is 38.4. The van der Waals surface area contributed by atoms with Gasteiger partial charge in [0, 0.05) is 72.8 Å². The number of primary amides is 1. The number of allylic oxidation sites excluding steroid dienone is 3. The Labute approximate surface area is 317 Å². The molecule has 3 saturated heterocycles. The second-order valence-corrected chi connectivity index (χ2v) is 16.6. The molecule has 8 rings (SSSR count). The highest BCUT2D eigenvalue weighted by Gasteiger charge is 2.79. The maximum absolute atomic E-state index is 14.3. The first-order valence-corrected chi connectivity index (χ1v) is 19.4. The summed E-state index contributed by atoms with van der Waals surface area (Å²) in [6.45, 7) is 7.27. The van der Waals surface area contributed by atoms with Crippen molar-refractivity contribution in [3.8, 4) is 12.3 Å². The summed E-state index contributed by atoms with van der Waals surface area (Å²) in [5.74, 6) is 1.10. The number of H-pyrrole nitrogens is 1. The zero-order valence-electron chi connectivity index (χ0n) is 31.8. The predicted octanol–water partition coefficient (Wildman–Crippen LogP) is 2.88. The summed E-state index contributed by atoms with van der Waals surface area (Å²) in [7, 11) is 3.22. The number of hydrogen-bond acceptors (Lipinski definition) is 9. The van der Waals surface area contributed by atoms with Crippen molar-refractivity contribution in [2.75, 3.05) is 46.9 Å². The summed E-state index contributed by atoms with van der Waals surface area (Å²) in [5.41, 5.74) is 6.61. The SMILES string of the molecule is C#C/C=C1\C(=C/C/C2=C(\C(=O)OC)c3[nH]c4ccccc4c3CC[N@@]3C[C@@H]2CC(O)(CC)C3)[C@]23CCN4CC=C[C@](CC)(C42)[C@@H](O)[C@](O)(C(N)=O)C3N1C. The van der Waals surface area contributed by atoms with E-state index >= 15 is 0 Å². The lowest BCUT2D eigenvalue weighted by molar-refractivity contribution is -0.220. The number of nitrogens with one attached hydrogen (secondary N) is 1. The Bertz CT molecular complexity index is 2080. The highest BCUT2D eigenvalue weighted by atomic mass is 16.5. The number of fused-ring (bicyclic) bond motifs is 5. The number of nitrogens with two attached hydrogens (primary N) is 1. The monoisotopic (exact) mass is 735 g/mol. The largest absolute Gasteiger partial charge is 0.465 e. The van der Waals surface area contributed by atoms with Gasteiger partial charge in [0.05, 0.1) is 30.0 Å². The molecule has 1 amide bonds. The molecule has 2 bridgehead atoms. The molecule has 11 nitrogen and oxygen atoms in total. The summed E-state index contributed by atoms with van der Waals surface area (Å²) < 4.78 is 5.59. The summed E-state index contributed by atoms with van der Waals surface area (Å²) in [6.07, 6.45) is 15.5. The Balaban J connectivity index is 1.40. The van der Waals surface area contributed by atoms with Gasteiger partial charge in [-0.3, -0.25) is 14.6 Å². The number of nitrogens with zero attached hydrogens (tertiary/aromatic N) is 3. The van der Waals surface area contributed by atoms with Gasteiger partial charge in [0.1, 0.15) is 6.10 Å². The van der Waals surface area contributed by atoms with Crippen LogP contribution in [0.5, 0.6) is 0 Å². The fourth-order valence-electron chi connectivity index (χ4n) is 12.0. The minimum Gasteiger partial charge on any atom is -0.465 e. The molecule has 5 aliphatic heterocycles. The minimum absolute atomic E-state index is 0.192. The van der Waals surface area contributed by atoms with Crippen molar-refractivity contribution in [3.63, 3.8) is 0 Å². The third kappa shape index (κ3) is 4.86. The van der Waals surface area contributed by atoms with Crippen molar-refractivity contribution < 1.29 is 29.6 Å². The number of carbonyl (C=O) groups excluding carboxylic acids is 2. The number of terminal acetylenes is 1. The van der Waals surface area contributed by atoms with Gasteiger partial charge in [-0.2, -0.15) is 0 Å². The van der Waals surface area contributed by atoms with Crippen molar-refractivity contribution in [2.45, 2.75) is 81.8 Å². The number of carbonyl (C=O) groups is 2. The lowest BCUT2D eigenvalue weighted by atomic mass is 9.47. The molecule has 1 spiro atoms. The molecule has 286 valence electrons. The number of aliphatic hydroxyl groups excluding tert-OH is 1. The van der Waals surface area contributed by atoms with Crippen LogP contribution in [0.15, 0.2) is 65.4 Å². The number of amides is 1. The predicted molar refractivity (Wildman–Crippen MR) is 206 cm³/mol. The van der Waals surface area contributed by atoms with Crippen LogP contribution in [0.2, 0.25) is 0 Å². The average molecular weight is 736 g/mol. The van der Waals surface area contributed by atoms with Crippen LogP contribution in [0.3, 0.4) is 0 Å². The number of aliphatic hydroxyl groups is 3. The van der Waals surface area contributed by atoms with E-state index in [2.05, 4.69) is 32.8 Å². The first kappa shape index (κ1) is 36.8. The van der Waals surface area contributed by atoms with Gasteiger partial charge in [-0.25, -0.2) is 4.79 Å². The van der Waals surface area contributed by atoms with Crippen LogP contribution in [0.4, 0.5) is 0 Å². The van der Waals surface area contributed by atoms with E-state index < -0.39 is 46.1 Å². The number of aromatic nitrogens is 1. The molecule has 9 atom stereocenters. The molecule has 6 aliphatic rings. The summed E-state index contributed by atoms with van der Waals surface area (Å²) in [5, 5.41) is 37.9. The van der Waals surface area contributed by atoms with Crippen LogP contribution in [-0.2, 0) is 20.7 Å². The van der Waals surface area contributed by atoms with Gasteiger partial charge in [0.2, 0.25) is 0 Å². The van der Waals surface area contributed by atoms with Crippen molar-refractivity contribution in [1.82, 2.24) is 19.7 Å². The maximum atomic E-state index is 14.3. The number of benzene rings is 1. The number of likely N-dealkylation sites (tertiary alicyclic amines) is 1. The number of hydrogen-bond donors (Lipinski definition) is 5. The van der Waals surface area contributed by atoms with Crippen LogP contribution >= 0.6 is 0 Å². The first-order valence-electron chi connectivity index (χ1n) is 19.4. The zero-order valence-corrected chi connectivity index (χ0v) is 31.8. The highest BCUT2D eigenvalue weighted by molar-refractivity contribution is 6.18. The van der Waals surface area contributed by atoms with Crippen molar-refractivity contribution in [2.24, 2.45) is 22.5 Å². The third-order valence-electron chi connectivity index (χ3n) is 14.3. The summed E-state index contributed by atoms with van der Waals surface area (Å²) in [6, 6.07) is 6.90. The van der Waals surface area contributed by atoms with Crippen LogP contribution in [-0.4, -0.2) is 123 Å². The molecule has 6 heterocycles. The van der Waals surface area contributed by atoms with Crippen LogP contribution < -0.4 is 5.73 Å². The molecule has 2 aromatic rings. The van der Waals surface area contributed by atoms with Crippen LogP contribution in [0, 0.1) is 29.1 Å². The smallest absolute Gasteiger partial charge is 0.339 e. The minimum atomic E-state index is -2.31. The summed E-state index contributed by atoms with van der Waals surface area (Å²) in [4.78, 5) is 38.0. The van der Waals surface area contributed by atoms with Crippen LogP contribution in [0.25, 0.3) is 16.5 Å². The van der Waals surface area contributed by atoms with E-state index in [9.17, 15) is 24.9 Å². The van der Waals surface area contributed by atoms with Gasteiger partial charge in [0.25, 0.3) is 5.91 Å². The lowest BCUT2D eigenvalue weighted by Gasteiger charge is -2.63. The number of rotatable bonds is 6. The molecular formula is C43H53N5O6. The average Bonchev–Trinajstić information content (AvgIpc) is 3.81. The number of piperidine rings is 1. The lowest BCUT2D eigenvalue weighted by Crippen LogP contribution is -2.79. The topological polar surface area (TPSA) is 156 Å². The highest BCUT2D eigenvalue weighted by Crippen LogP contribution is 2.68. The van der Waals surface area contributed by atoms with E-state index in [0.29, 0.717) is 76.0 Å². The number of methoxy groups -OCH3 is 1. The number of aromatic amines is 1. The normalized spacial score (nSPS) is 40.1. The number of likely N-dealkylation sites (N-methyl/N-ethyl adjacent to an activating group) is 1. The van der Waals surface area contributed by atoms with E-state index in [1.807, 2.05) is 56.1 Å². The van der Waals surface area contributed by atoms with E-state index in [4.69, 9.17) is 16.9 Å². The molecule has 1 aromatic carbocycles. The van der Waals surface area contributed by atoms with Crippen LogP contribution in [0.1, 0.15) is 57.2 Å². The Morgan fingerprint density at radius 2 is 1.94 bits per heavy atom. The quantitative estimate of drug-likeness (QED) is 0.171. The molecule has 1 aromatic heterocycles. The molecule has 6 N–H and O–H groups in total. The van der Waals surface area contributed by atoms with Crippen molar-refractivity contribution in [3.05, 3.63) is 76.7 Å². The molecule has 11 heteroatoms. The van der Waals surface area contributed by atoms with E-state index in [0.717, 1.165) is 39.9 Å². The van der Waals surface area contributed by atoms with E-state index in [1.54, 1.807) is 6.08 Å². The molecule has 54 heavy (non-hydrogen) atoms. The fourth-order valence-corrected chi connectivity index (χ4v) is 12.0. The van der Waals surface area contributed by atoms with E-state index in [1.165, 1.54) is 7.11 Å². The molecule has 1 aliphatic carbocycles. The standard InChI is InChI=1S/C43H53N5O6/c1-6-12-32-30(42-19-22-48-20-11-18-41(8-3,36(42)48)38(50)43(53,39(44)51)37(42)46(32)4)16-15-27-26-23-40(52,7-2)25-47(24-26)21-17-29-28-13-9-10-14-31(28)45-34(29)33(27)35(49)54-5/h1,9-14,16,18,26,36-38,45,50,52-53H,7-8,15,17,19-25H2,2-5H3,(H2,44,51)/b30-16+,32-12+,33-27+/t26-,36?,37?,38+,40?,41+,42+,43-/m0/s1. The second-order valence-electron chi connectivity index (χ2n) is 16.6. The van der Waals surface area contributed by atoms with Crippen molar-refractivity contribution >= 4 is 28.4 Å². The maximum Gasteiger partial charge on any atom is 0.339 e. The molecular weight excluding hydrogens is 683 g/mol. The Kier molecular flexibility index (Phi) is 8.83. The van der Waals surface area contributed by atoms with Gasteiger partial charge in [-0.15, -0.1) is 6.42 Å².